The summed E-state index contributed by atoms with van der Waals surface area (Å²) < 4.78 is 12.4. The van der Waals surface area contributed by atoms with Gasteiger partial charge in [-0.2, -0.15) is 0 Å². The molecule has 3 aromatic rings. The second-order valence-electron chi connectivity index (χ2n) is 6.22. The van der Waals surface area contributed by atoms with Crippen LogP contribution in [0.3, 0.4) is 0 Å². The molecule has 0 spiro atoms. The summed E-state index contributed by atoms with van der Waals surface area (Å²) in [6, 6.07) is 19.1. The van der Waals surface area contributed by atoms with Crippen LogP contribution in [-0.4, -0.2) is 12.2 Å². The van der Waals surface area contributed by atoms with Gasteiger partial charge in [0.05, 0.1) is 11.6 Å². The Bertz CT molecular complexity index is 910. The standard InChI is InChI=1S/C22H22BrNO3/c1-15-5-3-4-6-17(15)14-27-22-20(23)11-16(12-21(22)26-2)13-24-18-7-9-19(25)10-8-18/h3-12,24-25H,13-14H2,1-2H3. The number of hydrogen-bond acceptors (Lipinski definition) is 4. The average molecular weight is 428 g/mol. The maximum Gasteiger partial charge on any atom is 0.175 e. The van der Waals surface area contributed by atoms with Crippen LogP contribution in [0, 0.1) is 6.92 Å². The molecule has 0 aliphatic heterocycles. The predicted octanol–water partition coefficient (Wildman–Crippen LogP) is 5.66. The normalized spacial score (nSPS) is 10.5. The van der Waals surface area contributed by atoms with Crippen molar-refractivity contribution in [1.29, 1.82) is 0 Å². The molecule has 0 saturated carbocycles. The minimum Gasteiger partial charge on any atom is -0.508 e. The van der Waals surface area contributed by atoms with E-state index in [0.29, 0.717) is 24.7 Å². The first-order valence-corrected chi connectivity index (χ1v) is 9.42. The average Bonchev–Trinajstić information content (AvgIpc) is 2.67. The summed E-state index contributed by atoms with van der Waals surface area (Å²) in [5.74, 6) is 1.62. The number of benzene rings is 3. The fourth-order valence-corrected chi connectivity index (χ4v) is 3.32. The number of phenolic OH excluding ortho intramolecular Hbond substituents is 1. The van der Waals surface area contributed by atoms with Crippen molar-refractivity contribution in [1.82, 2.24) is 0 Å². The molecule has 0 unspecified atom stereocenters. The third-order valence-corrected chi connectivity index (χ3v) is 4.88. The molecule has 0 radical (unpaired) electrons. The third kappa shape index (κ3) is 4.95. The Hall–Kier alpha value is -2.66. The third-order valence-electron chi connectivity index (χ3n) is 4.29. The monoisotopic (exact) mass is 427 g/mol. The van der Waals surface area contributed by atoms with Crippen molar-refractivity contribution in [2.45, 2.75) is 20.1 Å². The van der Waals surface area contributed by atoms with E-state index in [1.807, 2.05) is 36.4 Å². The van der Waals surface area contributed by atoms with Crippen molar-refractivity contribution in [2.24, 2.45) is 0 Å². The van der Waals surface area contributed by atoms with E-state index in [2.05, 4.69) is 40.3 Å². The first-order valence-electron chi connectivity index (χ1n) is 8.63. The molecule has 0 aliphatic carbocycles. The lowest BCUT2D eigenvalue weighted by molar-refractivity contribution is 0.282. The van der Waals surface area contributed by atoms with Crippen LogP contribution < -0.4 is 14.8 Å². The Morgan fingerprint density at radius 3 is 2.48 bits per heavy atom. The van der Waals surface area contributed by atoms with Crippen molar-refractivity contribution >= 4 is 21.6 Å². The van der Waals surface area contributed by atoms with Gasteiger partial charge in [-0.1, -0.05) is 24.3 Å². The molecule has 140 valence electrons. The van der Waals surface area contributed by atoms with Crippen LogP contribution in [0.15, 0.2) is 65.1 Å². The molecule has 4 nitrogen and oxygen atoms in total. The van der Waals surface area contributed by atoms with Crippen LogP contribution in [0.25, 0.3) is 0 Å². The van der Waals surface area contributed by atoms with Crippen molar-refractivity contribution in [3.63, 3.8) is 0 Å². The fraction of sp³-hybridized carbons (Fsp3) is 0.182. The van der Waals surface area contributed by atoms with Crippen LogP contribution in [-0.2, 0) is 13.2 Å². The second-order valence-corrected chi connectivity index (χ2v) is 7.08. The highest BCUT2D eigenvalue weighted by molar-refractivity contribution is 9.10. The van der Waals surface area contributed by atoms with Gasteiger partial charge in [0.15, 0.2) is 11.5 Å². The summed E-state index contributed by atoms with van der Waals surface area (Å²) in [4.78, 5) is 0. The maximum atomic E-state index is 9.36. The van der Waals surface area contributed by atoms with E-state index in [9.17, 15) is 5.11 Å². The lowest BCUT2D eigenvalue weighted by Crippen LogP contribution is -2.03. The highest BCUT2D eigenvalue weighted by Gasteiger charge is 2.12. The lowest BCUT2D eigenvalue weighted by atomic mass is 10.1. The van der Waals surface area contributed by atoms with Crippen molar-refractivity contribution in [3.8, 4) is 17.2 Å². The van der Waals surface area contributed by atoms with Gasteiger partial charge in [0, 0.05) is 12.2 Å². The van der Waals surface area contributed by atoms with Gasteiger partial charge >= 0.3 is 0 Å². The summed E-state index contributed by atoms with van der Waals surface area (Å²) in [6.45, 7) is 3.17. The largest absolute Gasteiger partial charge is 0.508 e. The van der Waals surface area contributed by atoms with Gasteiger partial charge in [-0.15, -0.1) is 0 Å². The first-order chi connectivity index (χ1) is 13.1. The zero-order valence-corrected chi connectivity index (χ0v) is 16.9. The molecule has 0 saturated heterocycles. The molecule has 0 aliphatic rings. The Kier molecular flexibility index (Phi) is 6.24. The number of ether oxygens (including phenoxy) is 2. The van der Waals surface area contributed by atoms with Crippen molar-refractivity contribution < 1.29 is 14.6 Å². The summed E-state index contributed by atoms with van der Waals surface area (Å²) in [6.07, 6.45) is 0. The van der Waals surface area contributed by atoms with Gasteiger partial charge in [-0.05, 0) is 75.9 Å². The quantitative estimate of drug-likeness (QED) is 0.477. The molecular weight excluding hydrogens is 406 g/mol. The van der Waals surface area contributed by atoms with E-state index in [4.69, 9.17) is 9.47 Å². The highest BCUT2D eigenvalue weighted by atomic mass is 79.9. The number of aromatic hydroxyl groups is 1. The smallest absolute Gasteiger partial charge is 0.175 e. The van der Waals surface area contributed by atoms with Crippen LogP contribution in [0.2, 0.25) is 0 Å². The number of methoxy groups -OCH3 is 1. The Labute approximate surface area is 167 Å². The predicted molar refractivity (Wildman–Crippen MR) is 112 cm³/mol. The van der Waals surface area contributed by atoms with E-state index < -0.39 is 0 Å². The summed E-state index contributed by atoms with van der Waals surface area (Å²) in [5.41, 5.74) is 4.32. The van der Waals surface area contributed by atoms with Gasteiger partial charge in [0.2, 0.25) is 0 Å². The molecule has 3 rings (SSSR count). The number of rotatable bonds is 7. The number of nitrogens with one attached hydrogen (secondary N) is 1. The first kappa shape index (κ1) is 19.1. The fourth-order valence-electron chi connectivity index (χ4n) is 2.72. The van der Waals surface area contributed by atoms with Gasteiger partial charge < -0.3 is 19.9 Å². The highest BCUT2D eigenvalue weighted by Crippen LogP contribution is 2.37. The molecule has 0 bridgehead atoms. The summed E-state index contributed by atoms with van der Waals surface area (Å²) >= 11 is 3.60. The van der Waals surface area contributed by atoms with Crippen LogP contribution >= 0.6 is 15.9 Å². The van der Waals surface area contributed by atoms with Crippen LogP contribution in [0.5, 0.6) is 17.2 Å². The van der Waals surface area contributed by atoms with E-state index in [1.54, 1.807) is 19.2 Å². The second kappa shape index (κ2) is 8.82. The number of hydrogen-bond donors (Lipinski definition) is 2. The number of halogens is 1. The van der Waals surface area contributed by atoms with E-state index in [1.165, 1.54) is 5.56 Å². The van der Waals surface area contributed by atoms with E-state index >= 15 is 0 Å². The Morgan fingerprint density at radius 2 is 1.78 bits per heavy atom. The molecule has 0 atom stereocenters. The van der Waals surface area contributed by atoms with Crippen molar-refractivity contribution in [3.05, 3.63) is 81.8 Å². The topological polar surface area (TPSA) is 50.7 Å². The minimum absolute atomic E-state index is 0.250. The maximum absolute atomic E-state index is 9.36. The zero-order chi connectivity index (χ0) is 19.2. The molecule has 0 heterocycles. The number of aryl methyl sites for hydroxylation is 1. The molecule has 3 aromatic carbocycles. The zero-order valence-electron chi connectivity index (χ0n) is 15.3. The lowest BCUT2D eigenvalue weighted by Gasteiger charge is -2.16. The van der Waals surface area contributed by atoms with Gasteiger partial charge in [0.1, 0.15) is 12.4 Å². The molecule has 0 amide bonds. The molecule has 0 aromatic heterocycles. The summed E-state index contributed by atoms with van der Waals surface area (Å²) in [5, 5.41) is 12.7. The SMILES string of the molecule is COc1cc(CNc2ccc(O)cc2)cc(Br)c1OCc1ccccc1C. The summed E-state index contributed by atoms with van der Waals surface area (Å²) in [7, 11) is 1.64. The van der Waals surface area contributed by atoms with Gasteiger partial charge in [-0.25, -0.2) is 0 Å². The number of phenols is 1. The Morgan fingerprint density at radius 1 is 1.04 bits per heavy atom. The molecule has 2 N–H and O–H groups in total. The molecule has 5 heteroatoms. The van der Waals surface area contributed by atoms with Crippen LogP contribution in [0.4, 0.5) is 5.69 Å². The van der Waals surface area contributed by atoms with Crippen LogP contribution in [0.1, 0.15) is 16.7 Å². The van der Waals surface area contributed by atoms with E-state index in [0.717, 1.165) is 21.3 Å². The van der Waals surface area contributed by atoms with Gasteiger partial charge in [0.25, 0.3) is 0 Å². The van der Waals surface area contributed by atoms with Crippen molar-refractivity contribution in [2.75, 3.05) is 12.4 Å². The minimum atomic E-state index is 0.250. The Balaban J connectivity index is 1.72. The molecule has 27 heavy (non-hydrogen) atoms. The number of anilines is 1. The molecular formula is C22H22BrNO3. The van der Waals surface area contributed by atoms with E-state index in [-0.39, 0.29) is 5.75 Å². The molecule has 0 fully saturated rings. The van der Waals surface area contributed by atoms with Gasteiger partial charge in [-0.3, -0.25) is 0 Å².